The van der Waals surface area contributed by atoms with Crippen molar-refractivity contribution in [2.45, 2.75) is 59.9 Å². The Hall–Kier alpha value is -2.31. The quantitative estimate of drug-likeness (QED) is 0.315. The molecule has 1 saturated carbocycles. The highest BCUT2D eigenvalue weighted by molar-refractivity contribution is 7.09. The lowest BCUT2D eigenvalue weighted by molar-refractivity contribution is -0.138. The molecule has 1 aromatic rings. The van der Waals surface area contributed by atoms with E-state index in [4.69, 9.17) is 10.5 Å². The third-order valence-electron chi connectivity index (χ3n) is 4.31. The average Bonchev–Trinajstić information content (AvgIpc) is 3.42. The SMILES string of the molecule is C=C(/C=C\C)CC(N)c1nc(/C=C(C)/C=C(/C)C(=O)OCC)cs1.CC(=O)C1CC1. The second-order valence-corrected chi connectivity index (χ2v) is 8.29. The topological polar surface area (TPSA) is 82.3 Å². The summed E-state index contributed by atoms with van der Waals surface area (Å²) in [5, 5.41) is 2.84. The second kappa shape index (κ2) is 13.1. The number of nitrogens with zero attached hydrogens (tertiary/aromatic N) is 1. The van der Waals surface area contributed by atoms with Crippen molar-refractivity contribution in [3.63, 3.8) is 0 Å². The molecule has 1 aliphatic carbocycles. The van der Waals surface area contributed by atoms with Gasteiger partial charge in [0.05, 0.1) is 18.3 Å². The van der Waals surface area contributed by atoms with E-state index in [1.165, 1.54) is 11.3 Å². The summed E-state index contributed by atoms with van der Waals surface area (Å²) in [5.74, 6) is 0.536. The Bertz CT molecular complexity index is 829. The molecular formula is C24H34N2O3S. The van der Waals surface area contributed by atoms with Gasteiger partial charge in [-0.05, 0) is 71.6 Å². The van der Waals surface area contributed by atoms with Crippen LogP contribution in [0.5, 0.6) is 0 Å². The minimum absolute atomic E-state index is 0.155. The highest BCUT2D eigenvalue weighted by atomic mass is 32.1. The lowest BCUT2D eigenvalue weighted by Crippen LogP contribution is -2.10. The van der Waals surface area contributed by atoms with Crippen molar-refractivity contribution < 1.29 is 14.3 Å². The number of hydrogen-bond acceptors (Lipinski definition) is 6. The van der Waals surface area contributed by atoms with E-state index in [1.54, 1.807) is 26.8 Å². The molecule has 1 atom stereocenters. The van der Waals surface area contributed by atoms with Gasteiger partial charge in [0.1, 0.15) is 10.8 Å². The van der Waals surface area contributed by atoms with Crippen LogP contribution in [0, 0.1) is 5.92 Å². The number of thiazole rings is 1. The van der Waals surface area contributed by atoms with Crippen LogP contribution in [-0.4, -0.2) is 23.3 Å². The van der Waals surface area contributed by atoms with Crippen LogP contribution in [0.1, 0.15) is 70.6 Å². The van der Waals surface area contributed by atoms with Gasteiger partial charge in [0.15, 0.2) is 0 Å². The van der Waals surface area contributed by atoms with Gasteiger partial charge < -0.3 is 10.5 Å². The van der Waals surface area contributed by atoms with Crippen molar-refractivity contribution in [1.82, 2.24) is 4.98 Å². The van der Waals surface area contributed by atoms with Crippen molar-refractivity contribution >= 4 is 29.2 Å². The number of esters is 1. The van der Waals surface area contributed by atoms with E-state index >= 15 is 0 Å². The minimum atomic E-state index is -0.297. The van der Waals surface area contributed by atoms with Gasteiger partial charge >= 0.3 is 5.97 Å². The fourth-order valence-corrected chi connectivity index (χ4v) is 3.40. The summed E-state index contributed by atoms with van der Waals surface area (Å²) in [6.07, 6.45) is 10.6. The van der Waals surface area contributed by atoms with E-state index in [0.717, 1.165) is 34.7 Å². The third kappa shape index (κ3) is 9.94. The molecule has 0 bridgehead atoms. The molecule has 1 fully saturated rings. The number of ketones is 1. The lowest BCUT2D eigenvalue weighted by Gasteiger charge is -2.07. The van der Waals surface area contributed by atoms with Crippen LogP contribution in [0.4, 0.5) is 0 Å². The first-order valence-electron chi connectivity index (χ1n) is 10.2. The fraction of sp³-hybridized carbons (Fsp3) is 0.458. The molecule has 0 saturated heterocycles. The van der Waals surface area contributed by atoms with E-state index in [0.29, 0.717) is 30.3 Å². The zero-order valence-electron chi connectivity index (χ0n) is 18.7. The summed E-state index contributed by atoms with van der Waals surface area (Å²) in [6.45, 7) is 13.4. The number of rotatable bonds is 9. The minimum Gasteiger partial charge on any atom is -0.463 e. The first-order valence-corrected chi connectivity index (χ1v) is 11.1. The van der Waals surface area contributed by atoms with Gasteiger partial charge in [0.25, 0.3) is 0 Å². The normalized spacial score (nSPS) is 15.4. The average molecular weight is 431 g/mol. The molecular weight excluding hydrogens is 396 g/mol. The van der Waals surface area contributed by atoms with Gasteiger partial charge in [-0.1, -0.05) is 24.3 Å². The summed E-state index contributed by atoms with van der Waals surface area (Å²) < 4.78 is 4.97. The van der Waals surface area contributed by atoms with Crippen LogP contribution in [-0.2, 0) is 14.3 Å². The molecule has 1 aliphatic rings. The molecule has 30 heavy (non-hydrogen) atoms. The van der Waals surface area contributed by atoms with Crippen LogP contribution in [0.2, 0.25) is 0 Å². The number of hydrogen-bond donors (Lipinski definition) is 1. The number of carbonyl (C=O) groups is 2. The van der Waals surface area contributed by atoms with Gasteiger partial charge in [0, 0.05) is 16.9 Å². The first kappa shape index (κ1) is 25.7. The largest absolute Gasteiger partial charge is 0.463 e. The first-order chi connectivity index (χ1) is 14.2. The fourth-order valence-electron chi connectivity index (χ4n) is 2.62. The van der Waals surface area contributed by atoms with Crippen molar-refractivity contribution in [2.75, 3.05) is 6.61 Å². The van der Waals surface area contributed by atoms with E-state index in [9.17, 15) is 9.59 Å². The van der Waals surface area contributed by atoms with E-state index in [-0.39, 0.29) is 12.0 Å². The molecule has 5 nitrogen and oxygen atoms in total. The molecule has 1 heterocycles. The molecule has 2 rings (SSSR count). The van der Waals surface area contributed by atoms with Gasteiger partial charge in [-0.3, -0.25) is 4.79 Å². The Kier molecular flexibility index (Phi) is 11.2. The standard InChI is InChI=1S/C19H26N2O2S.C5H8O/c1-6-8-13(3)11-17(20)18-21-16(12-24-18)10-14(4)9-15(5)19(22)23-7-2;1-4(6)5-2-3-5/h6,8-10,12,17H,3,7,11,20H2,1-2,4-5H3;5H,2-3H2,1H3/b8-6-,14-10+,15-9-;. The predicted molar refractivity (Wildman–Crippen MR) is 125 cm³/mol. The van der Waals surface area contributed by atoms with Gasteiger partial charge in [-0.15, -0.1) is 11.3 Å². The number of nitrogens with two attached hydrogens (primary N) is 1. The Morgan fingerprint density at radius 2 is 2.03 bits per heavy atom. The van der Waals surface area contributed by atoms with Crippen molar-refractivity contribution in [1.29, 1.82) is 0 Å². The molecule has 164 valence electrons. The summed E-state index contributed by atoms with van der Waals surface area (Å²) in [7, 11) is 0. The van der Waals surface area contributed by atoms with E-state index in [1.807, 2.05) is 37.5 Å². The number of carbonyl (C=O) groups excluding carboxylic acids is 2. The number of Topliss-reactive ketones (excluding diaryl/α,β-unsaturated/α-hetero) is 1. The van der Waals surface area contributed by atoms with Crippen molar-refractivity contribution in [2.24, 2.45) is 11.7 Å². The summed E-state index contributed by atoms with van der Waals surface area (Å²) in [4.78, 5) is 26.4. The van der Waals surface area contributed by atoms with Crippen LogP contribution in [0.15, 0.2) is 46.9 Å². The van der Waals surface area contributed by atoms with Crippen LogP contribution < -0.4 is 5.73 Å². The Morgan fingerprint density at radius 1 is 1.37 bits per heavy atom. The predicted octanol–water partition coefficient (Wildman–Crippen LogP) is 5.56. The molecule has 0 amide bonds. The van der Waals surface area contributed by atoms with Crippen LogP contribution in [0.3, 0.4) is 0 Å². The number of ether oxygens (including phenoxy) is 1. The van der Waals surface area contributed by atoms with E-state index < -0.39 is 0 Å². The molecule has 2 N–H and O–H groups in total. The Morgan fingerprint density at radius 3 is 2.53 bits per heavy atom. The van der Waals surface area contributed by atoms with Gasteiger partial charge in [0.2, 0.25) is 0 Å². The maximum absolute atomic E-state index is 11.6. The molecule has 6 heteroatoms. The maximum atomic E-state index is 11.6. The molecule has 0 aliphatic heterocycles. The Labute approximate surface area is 184 Å². The zero-order valence-corrected chi connectivity index (χ0v) is 19.6. The van der Waals surface area contributed by atoms with Crippen molar-refractivity contribution in [3.8, 4) is 0 Å². The smallest absolute Gasteiger partial charge is 0.333 e. The molecule has 1 aromatic heterocycles. The number of allylic oxidation sites excluding steroid dienone is 4. The molecule has 1 unspecified atom stereocenters. The van der Waals surface area contributed by atoms with E-state index in [2.05, 4.69) is 11.6 Å². The molecule has 0 aromatic carbocycles. The second-order valence-electron chi connectivity index (χ2n) is 7.40. The van der Waals surface area contributed by atoms with Crippen LogP contribution in [0.25, 0.3) is 6.08 Å². The molecule has 0 radical (unpaired) electrons. The monoisotopic (exact) mass is 430 g/mol. The molecule has 0 spiro atoms. The summed E-state index contributed by atoms with van der Waals surface area (Å²) in [6, 6.07) is -0.155. The zero-order chi connectivity index (χ0) is 22.7. The summed E-state index contributed by atoms with van der Waals surface area (Å²) >= 11 is 1.53. The highest BCUT2D eigenvalue weighted by Crippen LogP contribution is 2.29. The highest BCUT2D eigenvalue weighted by Gasteiger charge is 2.25. The maximum Gasteiger partial charge on any atom is 0.333 e. The Balaban J connectivity index is 0.000000637. The summed E-state index contributed by atoms with van der Waals surface area (Å²) in [5.41, 5.74) is 9.52. The lowest BCUT2D eigenvalue weighted by atomic mass is 10.1. The number of aromatic nitrogens is 1. The third-order valence-corrected chi connectivity index (χ3v) is 5.31. The van der Waals surface area contributed by atoms with Gasteiger partial charge in [-0.2, -0.15) is 0 Å². The van der Waals surface area contributed by atoms with Crippen molar-refractivity contribution in [3.05, 3.63) is 57.6 Å². The van der Waals surface area contributed by atoms with Crippen LogP contribution >= 0.6 is 11.3 Å². The van der Waals surface area contributed by atoms with Gasteiger partial charge in [-0.25, -0.2) is 9.78 Å².